The van der Waals surface area contributed by atoms with Crippen molar-refractivity contribution in [3.63, 3.8) is 0 Å². The maximum atomic E-state index is 11.2. The summed E-state index contributed by atoms with van der Waals surface area (Å²) in [5.74, 6) is 1.08. The summed E-state index contributed by atoms with van der Waals surface area (Å²) in [5.41, 5.74) is 16.2. The summed E-state index contributed by atoms with van der Waals surface area (Å²) in [6.45, 7) is 8.41. The summed E-state index contributed by atoms with van der Waals surface area (Å²) < 4.78 is 10.5. The number of nitrogens with zero attached hydrogens (tertiary/aromatic N) is 2. The zero-order chi connectivity index (χ0) is 27.4. The molecule has 198 valence electrons. The zero-order valence-electron chi connectivity index (χ0n) is 22.4. The van der Waals surface area contributed by atoms with E-state index < -0.39 is 4.92 Å². The maximum Gasteiger partial charge on any atom is 0.276 e. The van der Waals surface area contributed by atoms with E-state index in [0.717, 1.165) is 24.3 Å². The molecule has 0 aromatic heterocycles. The Morgan fingerprint density at radius 3 is 2.14 bits per heavy atom. The van der Waals surface area contributed by atoms with Crippen LogP contribution in [0.4, 0.5) is 22.7 Å². The molecule has 3 aromatic rings. The predicted molar refractivity (Wildman–Crippen MR) is 154 cm³/mol. The van der Waals surface area contributed by atoms with Crippen LogP contribution in [0.25, 0.3) is 12.2 Å². The van der Waals surface area contributed by atoms with Gasteiger partial charge in [0.05, 0.1) is 30.4 Å². The van der Waals surface area contributed by atoms with Crippen molar-refractivity contribution in [2.24, 2.45) is 0 Å². The highest BCUT2D eigenvalue weighted by molar-refractivity contribution is 5.78. The molecule has 0 aliphatic carbocycles. The SMILES string of the molecule is CCCCN(CC)c1ccc(N)cc1.COc1cc(/C=C/c2ccc(C)cc2[N+](=O)[O-])c(OC)cc1N. The van der Waals surface area contributed by atoms with Crippen LogP contribution in [0.2, 0.25) is 0 Å². The van der Waals surface area contributed by atoms with Crippen LogP contribution in [-0.4, -0.2) is 32.2 Å². The molecule has 0 radical (unpaired) electrons. The fourth-order valence-corrected chi connectivity index (χ4v) is 3.71. The number of hydrogen-bond donors (Lipinski definition) is 2. The van der Waals surface area contributed by atoms with Gasteiger partial charge < -0.3 is 25.8 Å². The summed E-state index contributed by atoms with van der Waals surface area (Å²) in [6, 6.07) is 16.6. The van der Waals surface area contributed by atoms with Gasteiger partial charge in [-0.1, -0.05) is 25.5 Å². The second kappa shape index (κ2) is 14.4. The third-order valence-electron chi connectivity index (χ3n) is 5.83. The van der Waals surface area contributed by atoms with Crippen LogP contribution in [0, 0.1) is 17.0 Å². The number of aryl methyl sites for hydroxylation is 1. The molecule has 3 aromatic carbocycles. The van der Waals surface area contributed by atoms with Gasteiger partial charge in [-0.15, -0.1) is 0 Å². The Balaban J connectivity index is 0.000000294. The molecule has 0 heterocycles. The molecule has 3 rings (SSSR count). The third-order valence-corrected chi connectivity index (χ3v) is 5.83. The number of nitro groups is 1. The summed E-state index contributed by atoms with van der Waals surface area (Å²) >= 11 is 0. The van der Waals surface area contributed by atoms with Crippen molar-refractivity contribution < 1.29 is 14.4 Å². The van der Waals surface area contributed by atoms with Crippen LogP contribution in [-0.2, 0) is 0 Å². The molecule has 0 saturated heterocycles. The molecular weight excluding hydrogens is 468 g/mol. The van der Waals surface area contributed by atoms with E-state index in [9.17, 15) is 10.1 Å². The van der Waals surface area contributed by atoms with Gasteiger partial charge in [-0.3, -0.25) is 10.1 Å². The lowest BCUT2D eigenvalue weighted by atomic mass is 10.1. The lowest BCUT2D eigenvalue weighted by Gasteiger charge is -2.22. The molecule has 0 aliphatic heterocycles. The molecule has 8 heteroatoms. The van der Waals surface area contributed by atoms with E-state index in [-0.39, 0.29) is 5.69 Å². The normalized spacial score (nSPS) is 10.5. The molecule has 0 atom stereocenters. The van der Waals surface area contributed by atoms with Crippen molar-refractivity contribution in [1.29, 1.82) is 0 Å². The van der Waals surface area contributed by atoms with E-state index in [0.29, 0.717) is 28.3 Å². The largest absolute Gasteiger partial charge is 0.496 e. The minimum Gasteiger partial charge on any atom is -0.496 e. The Labute approximate surface area is 219 Å². The number of nitrogen functional groups attached to an aromatic ring is 2. The van der Waals surface area contributed by atoms with Gasteiger partial charge in [0.25, 0.3) is 5.69 Å². The first kappa shape index (κ1) is 29.0. The van der Waals surface area contributed by atoms with Gasteiger partial charge >= 0.3 is 0 Å². The smallest absolute Gasteiger partial charge is 0.276 e. The Morgan fingerprint density at radius 2 is 1.57 bits per heavy atom. The van der Waals surface area contributed by atoms with Crippen LogP contribution in [0.1, 0.15) is 43.4 Å². The van der Waals surface area contributed by atoms with Gasteiger partial charge in [-0.05, 0) is 68.3 Å². The second-order valence-corrected chi connectivity index (χ2v) is 8.51. The van der Waals surface area contributed by atoms with Crippen LogP contribution in [0.3, 0.4) is 0 Å². The van der Waals surface area contributed by atoms with Crippen LogP contribution >= 0.6 is 0 Å². The maximum absolute atomic E-state index is 11.2. The minimum atomic E-state index is -0.395. The van der Waals surface area contributed by atoms with Crippen molar-refractivity contribution in [1.82, 2.24) is 0 Å². The van der Waals surface area contributed by atoms with E-state index in [1.807, 2.05) is 25.1 Å². The van der Waals surface area contributed by atoms with E-state index >= 15 is 0 Å². The Hall–Kier alpha value is -4.20. The van der Waals surface area contributed by atoms with Crippen molar-refractivity contribution in [3.8, 4) is 11.5 Å². The standard InChI is InChI=1S/C17H18N2O4.C12H20N2/c1-11-4-5-12(15(8-11)19(20)21)6-7-13-9-17(23-3)14(18)10-16(13)22-2;1-3-5-10-14(4-2)12-8-6-11(13)7-9-12/h4-10H,18H2,1-3H3;6-9H,3-5,10,13H2,1-2H3/b7-6+;. The number of benzene rings is 3. The summed E-state index contributed by atoms with van der Waals surface area (Å²) in [5, 5.41) is 11.2. The predicted octanol–water partition coefficient (Wildman–Crippen LogP) is 6.57. The molecule has 0 bridgehead atoms. The first-order chi connectivity index (χ1) is 17.7. The molecule has 0 saturated carbocycles. The number of unbranched alkanes of at least 4 members (excludes halogenated alkanes) is 1. The lowest BCUT2D eigenvalue weighted by molar-refractivity contribution is -0.385. The molecule has 8 nitrogen and oxygen atoms in total. The number of nitro benzene ring substituents is 1. The van der Waals surface area contributed by atoms with Gasteiger partial charge in [0.2, 0.25) is 0 Å². The highest BCUT2D eigenvalue weighted by Crippen LogP contribution is 2.32. The number of hydrogen-bond acceptors (Lipinski definition) is 7. The fraction of sp³-hybridized carbons (Fsp3) is 0.310. The lowest BCUT2D eigenvalue weighted by Crippen LogP contribution is -2.23. The van der Waals surface area contributed by atoms with Gasteiger partial charge in [0.15, 0.2) is 0 Å². The molecular formula is C29H38N4O4. The van der Waals surface area contributed by atoms with E-state index in [2.05, 4.69) is 30.9 Å². The highest BCUT2D eigenvalue weighted by atomic mass is 16.6. The highest BCUT2D eigenvalue weighted by Gasteiger charge is 2.12. The Bertz CT molecular complexity index is 1190. The molecule has 0 unspecified atom stereocenters. The van der Waals surface area contributed by atoms with Gasteiger partial charge in [-0.25, -0.2) is 0 Å². The summed E-state index contributed by atoms with van der Waals surface area (Å²) in [6.07, 6.45) is 5.90. The number of rotatable bonds is 10. The number of nitrogens with two attached hydrogens (primary N) is 2. The zero-order valence-corrected chi connectivity index (χ0v) is 22.4. The van der Waals surface area contributed by atoms with Crippen molar-refractivity contribution in [2.45, 2.75) is 33.6 Å². The fourth-order valence-electron chi connectivity index (χ4n) is 3.71. The van der Waals surface area contributed by atoms with E-state index in [4.69, 9.17) is 20.9 Å². The van der Waals surface area contributed by atoms with Crippen molar-refractivity contribution >= 4 is 34.9 Å². The van der Waals surface area contributed by atoms with Crippen molar-refractivity contribution in [3.05, 3.63) is 81.4 Å². The molecule has 0 spiro atoms. The monoisotopic (exact) mass is 506 g/mol. The summed E-state index contributed by atoms with van der Waals surface area (Å²) in [4.78, 5) is 13.1. The van der Waals surface area contributed by atoms with Gasteiger partial charge in [0.1, 0.15) is 11.5 Å². The van der Waals surface area contributed by atoms with Crippen molar-refractivity contribution in [2.75, 3.05) is 43.7 Å². The van der Waals surface area contributed by atoms with Crippen LogP contribution in [0.15, 0.2) is 54.6 Å². The van der Waals surface area contributed by atoms with Crippen LogP contribution < -0.4 is 25.8 Å². The molecule has 4 N–H and O–H groups in total. The Morgan fingerprint density at radius 1 is 0.919 bits per heavy atom. The van der Waals surface area contributed by atoms with Crippen LogP contribution in [0.5, 0.6) is 11.5 Å². The molecule has 37 heavy (non-hydrogen) atoms. The first-order valence-corrected chi connectivity index (χ1v) is 12.3. The number of anilines is 3. The average molecular weight is 507 g/mol. The average Bonchev–Trinajstić information content (AvgIpc) is 2.89. The molecule has 0 fully saturated rings. The number of ether oxygens (including phenoxy) is 2. The molecule has 0 amide bonds. The topological polar surface area (TPSA) is 117 Å². The first-order valence-electron chi connectivity index (χ1n) is 12.3. The third kappa shape index (κ3) is 8.45. The van der Waals surface area contributed by atoms with E-state index in [1.165, 1.54) is 32.7 Å². The molecule has 0 aliphatic rings. The summed E-state index contributed by atoms with van der Waals surface area (Å²) in [7, 11) is 3.06. The van der Waals surface area contributed by atoms with Gasteiger partial charge in [0, 0.05) is 42.2 Å². The number of methoxy groups -OCH3 is 2. The Kier molecular flexibility index (Phi) is 11.3. The quantitative estimate of drug-likeness (QED) is 0.138. The minimum absolute atomic E-state index is 0.0580. The van der Waals surface area contributed by atoms with E-state index in [1.54, 1.807) is 36.4 Å². The second-order valence-electron chi connectivity index (χ2n) is 8.51. The van der Waals surface area contributed by atoms with Gasteiger partial charge in [-0.2, -0.15) is 0 Å².